The van der Waals surface area contributed by atoms with Crippen molar-refractivity contribution in [3.8, 4) is 0 Å². The maximum Gasteiger partial charge on any atom is 0.310 e. The van der Waals surface area contributed by atoms with Gasteiger partial charge in [0.05, 0.1) is 19.1 Å². The zero-order valence-electron chi connectivity index (χ0n) is 12.7. The topological polar surface area (TPSA) is 58.6 Å². The summed E-state index contributed by atoms with van der Waals surface area (Å²) in [4.78, 5) is 13.3. The molecule has 0 aromatic carbocycles. The second-order valence-corrected chi connectivity index (χ2v) is 7.07. The lowest BCUT2D eigenvalue weighted by Crippen LogP contribution is -2.38. The monoisotopic (exact) mass is 299 g/mol. The summed E-state index contributed by atoms with van der Waals surface area (Å²) in [5, 5.41) is 13.5. The molecule has 1 heterocycles. The number of thiophene rings is 1. The summed E-state index contributed by atoms with van der Waals surface area (Å²) in [6.07, 6.45) is 1.10. The van der Waals surface area contributed by atoms with Crippen LogP contribution in [0.3, 0.4) is 0 Å². The van der Waals surface area contributed by atoms with E-state index in [0.717, 1.165) is 16.2 Å². The van der Waals surface area contributed by atoms with Crippen molar-refractivity contribution >= 4 is 17.3 Å². The van der Waals surface area contributed by atoms with Crippen LogP contribution >= 0.6 is 11.3 Å². The molecule has 0 aliphatic heterocycles. The summed E-state index contributed by atoms with van der Waals surface area (Å²) in [6.45, 7) is 7.34. The predicted molar refractivity (Wildman–Crippen MR) is 81.8 cm³/mol. The second kappa shape index (κ2) is 7.76. The van der Waals surface area contributed by atoms with E-state index in [1.54, 1.807) is 11.3 Å². The Morgan fingerprint density at radius 1 is 1.45 bits per heavy atom. The van der Waals surface area contributed by atoms with Gasteiger partial charge in [0.15, 0.2) is 0 Å². The number of nitrogens with one attached hydrogen (secondary N) is 1. The summed E-state index contributed by atoms with van der Waals surface area (Å²) < 4.78 is 4.65. The number of carbonyl (C=O) groups is 1. The zero-order valence-corrected chi connectivity index (χ0v) is 13.5. The van der Waals surface area contributed by atoms with Crippen molar-refractivity contribution in [3.63, 3.8) is 0 Å². The maximum absolute atomic E-state index is 11.2. The molecule has 1 atom stereocenters. The average molecular weight is 299 g/mol. The fraction of sp³-hybridized carbons (Fsp3) is 0.667. The molecule has 0 spiro atoms. The molecule has 1 rings (SSSR count). The quantitative estimate of drug-likeness (QED) is 0.724. The van der Waals surface area contributed by atoms with Crippen LogP contribution in [0.25, 0.3) is 0 Å². The van der Waals surface area contributed by atoms with Crippen LogP contribution in [0, 0.1) is 5.92 Å². The van der Waals surface area contributed by atoms with Crippen LogP contribution in [-0.2, 0) is 22.5 Å². The Balaban J connectivity index is 2.37. The average Bonchev–Trinajstić information content (AvgIpc) is 2.74. The van der Waals surface area contributed by atoms with Crippen LogP contribution in [-0.4, -0.2) is 30.3 Å². The molecule has 0 aliphatic carbocycles. The molecule has 1 unspecified atom stereocenters. The first-order valence-electron chi connectivity index (χ1n) is 6.90. The van der Waals surface area contributed by atoms with Gasteiger partial charge in [0.1, 0.15) is 0 Å². The lowest BCUT2D eigenvalue weighted by atomic mass is 9.94. The van der Waals surface area contributed by atoms with Gasteiger partial charge in [-0.3, -0.25) is 4.79 Å². The fourth-order valence-corrected chi connectivity index (χ4v) is 3.21. The van der Waals surface area contributed by atoms with Crippen LogP contribution in [0.1, 0.15) is 36.9 Å². The van der Waals surface area contributed by atoms with Gasteiger partial charge in [-0.1, -0.05) is 13.8 Å². The SMILES string of the molecule is COC(=O)Cc1ccc(CNCC(C)(O)CC(C)C)s1. The van der Waals surface area contributed by atoms with Crippen LogP contribution in [0.15, 0.2) is 12.1 Å². The van der Waals surface area contributed by atoms with Gasteiger partial charge in [-0.25, -0.2) is 0 Å². The molecule has 2 N–H and O–H groups in total. The summed E-state index contributed by atoms with van der Waals surface area (Å²) in [6, 6.07) is 3.96. The molecule has 20 heavy (non-hydrogen) atoms. The zero-order chi connectivity index (χ0) is 15.2. The third kappa shape index (κ3) is 6.50. The van der Waals surface area contributed by atoms with Gasteiger partial charge in [-0.05, 0) is 31.4 Å². The Bertz CT molecular complexity index is 427. The van der Waals surface area contributed by atoms with Gasteiger partial charge in [0, 0.05) is 22.8 Å². The standard InChI is InChI=1S/C15H25NO3S/c1-11(2)8-15(3,18)10-16-9-13-6-5-12(20-13)7-14(17)19-4/h5-6,11,16,18H,7-10H2,1-4H3. The molecule has 0 radical (unpaired) electrons. The highest BCUT2D eigenvalue weighted by Crippen LogP contribution is 2.18. The number of ether oxygens (including phenoxy) is 1. The smallest absolute Gasteiger partial charge is 0.310 e. The number of esters is 1. The number of methoxy groups -OCH3 is 1. The molecule has 4 nitrogen and oxygen atoms in total. The molecule has 0 saturated heterocycles. The molecule has 0 saturated carbocycles. The van der Waals surface area contributed by atoms with Gasteiger partial charge in [-0.15, -0.1) is 11.3 Å². The molecule has 0 aliphatic rings. The van der Waals surface area contributed by atoms with E-state index in [1.807, 2.05) is 19.1 Å². The van der Waals surface area contributed by atoms with Crippen LogP contribution in [0.4, 0.5) is 0 Å². The van der Waals surface area contributed by atoms with E-state index in [-0.39, 0.29) is 5.97 Å². The van der Waals surface area contributed by atoms with Crippen molar-refractivity contribution < 1.29 is 14.6 Å². The number of aliphatic hydroxyl groups is 1. The van der Waals surface area contributed by atoms with E-state index in [4.69, 9.17) is 0 Å². The highest BCUT2D eigenvalue weighted by Gasteiger charge is 2.21. The lowest BCUT2D eigenvalue weighted by molar-refractivity contribution is -0.139. The number of rotatable bonds is 8. The minimum absolute atomic E-state index is 0.216. The summed E-state index contributed by atoms with van der Waals surface area (Å²) in [7, 11) is 1.40. The van der Waals surface area contributed by atoms with E-state index in [1.165, 1.54) is 7.11 Å². The van der Waals surface area contributed by atoms with E-state index in [9.17, 15) is 9.90 Å². The molecular weight excluding hydrogens is 274 g/mol. The molecule has 0 amide bonds. The highest BCUT2D eigenvalue weighted by molar-refractivity contribution is 7.12. The van der Waals surface area contributed by atoms with Crippen molar-refractivity contribution in [1.29, 1.82) is 0 Å². The van der Waals surface area contributed by atoms with Gasteiger partial charge in [0.2, 0.25) is 0 Å². The highest BCUT2D eigenvalue weighted by atomic mass is 32.1. The molecule has 0 bridgehead atoms. The second-order valence-electron chi connectivity index (χ2n) is 5.82. The van der Waals surface area contributed by atoms with Gasteiger partial charge < -0.3 is 15.2 Å². The summed E-state index contributed by atoms with van der Waals surface area (Å²) in [5.74, 6) is 0.256. The third-order valence-corrected chi connectivity index (χ3v) is 4.00. The Kier molecular flexibility index (Phi) is 6.65. The van der Waals surface area contributed by atoms with E-state index >= 15 is 0 Å². The Morgan fingerprint density at radius 2 is 2.10 bits per heavy atom. The Hall–Kier alpha value is -0.910. The van der Waals surface area contributed by atoms with E-state index in [2.05, 4.69) is 23.9 Å². The molecule has 1 aromatic rings. The summed E-state index contributed by atoms with van der Waals surface area (Å²) in [5.41, 5.74) is -0.680. The van der Waals surface area contributed by atoms with Crippen molar-refractivity contribution in [1.82, 2.24) is 5.32 Å². The number of hydrogen-bond donors (Lipinski definition) is 2. The van der Waals surface area contributed by atoms with Gasteiger partial charge in [0.25, 0.3) is 0 Å². The number of carbonyl (C=O) groups excluding carboxylic acids is 1. The molecular formula is C15H25NO3S. The molecule has 0 fully saturated rings. The van der Waals surface area contributed by atoms with Crippen molar-refractivity contribution in [2.45, 2.75) is 45.8 Å². The first-order chi connectivity index (χ1) is 9.32. The third-order valence-electron chi connectivity index (χ3n) is 2.92. The molecule has 1 aromatic heterocycles. The minimum atomic E-state index is -0.680. The predicted octanol–water partition coefficient (Wildman–Crippen LogP) is 2.35. The molecule has 5 heteroatoms. The van der Waals surface area contributed by atoms with Crippen LogP contribution in [0.2, 0.25) is 0 Å². The van der Waals surface area contributed by atoms with E-state index in [0.29, 0.717) is 25.4 Å². The van der Waals surface area contributed by atoms with Crippen LogP contribution < -0.4 is 5.32 Å². The Labute approximate surface area is 125 Å². The van der Waals surface area contributed by atoms with Crippen molar-refractivity contribution in [2.24, 2.45) is 5.92 Å². The first-order valence-corrected chi connectivity index (χ1v) is 7.71. The summed E-state index contributed by atoms with van der Waals surface area (Å²) >= 11 is 1.60. The fourth-order valence-electron chi connectivity index (χ4n) is 2.23. The van der Waals surface area contributed by atoms with E-state index < -0.39 is 5.60 Å². The Morgan fingerprint density at radius 3 is 2.70 bits per heavy atom. The first kappa shape index (κ1) is 17.1. The van der Waals surface area contributed by atoms with Crippen molar-refractivity contribution in [2.75, 3.05) is 13.7 Å². The van der Waals surface area contributed by atoms with Gasteiger partial charge >= 0.3 is 5.97 Å². The largest absolute Gasteiger partial charge is 0.469 e. The maximum atomic E-state index is 11.2. The number of hydrogen-bond acceptors (Lipinski definition) is 5. The van der Waals surface area contributed by atoms with Gasteiger partial charge in [-0.2, -0.15) is 0 Å². The normalized spacial score (nSPS) is 14.3. The lowest BCUT2D eigenvalue weighted by Gasteiger charge is -2.25. The molecule has 114 valence electrons. The minimum Gasteiger partial charge on any atom is -0.469 e. The van der Waals surface area contributed by atoms with Crippen LogP contribution in [0.5, 0.6) is 0 Å². The van der Waals surface area contributed by atoms with Crippen molar-refractivity contribution in [3.05, 3.63) is 21.9 Å².